The lowest BCUT2D eigenvalue weighted by Crippen LogP contribution is -2.57. The molecule has 6 heteroatoms. The van der Waals surface area contributed by atoms with Crippen LogP contribution in [0.25, 0.3) is 0 Å². The SMILES string of the molecule is CS[C@@H]1[C@@H](O)[C@@H](O)[C@H](O)O[C@@H]1CO. The largest absolute Gasteiger partial charge is 0.394 e. The van der Waals surface area contributed by atoms with Gasteiger partial charge >= 0.3 is 0 Å². The molecule has 0 aromatic heterocycles. The van der Waals surface area contributed by atoms with Crippen LogP contribution in [0.5, 0.6) is 0 Å². The van der Waals surface area contributed by atoms with Gasteiger partial charge in [-0.2, -0.15) is 11.8 Å². The highest BCUT2D eigenvalue weighted by molar-refractivity contribution is 7.99. The average Bonchev–Trinajstić information content (AvgIpc) is 2.13. The summed E-state index contributed by atoms with van der Waals surface area (Å²) in [6.07, 6.45) is -2.69. The monoisotopic (exact) mass is 210 g/mol. The van der Waals surface area contributed by atoms with Gasteiger partial charge in [0, 0.05) is 0 Å². The van der Waals surface area contributed by atoms with Crippen LogP contribution in [-0.2, 0) is 4.74 Å². The normalized spacial score (nSPS) is 46.4. The Hall–Kier alpha value is 0.150. The summed E-state index contributed by atoms with van der Waals surface area (Å²) in [5.41, 5.74) is 0. The van der Waals surface area contributed by atoms with E-state index in [1.807, 2.05) is 0 Å². The lowest BCUT2D eigenvalue weighted by atomic mass is 10.0. The molecule has 0 bridgehead atoms. The molecule has 13 heavy (non-hydrogen) atoms. The summed E-state index contributed by atoms with van der Waals surface area (Å²) in [4.78, 5) is 0. The number of hydrogen-bond donors (Lipinski definition) is 4. The molecular weight excluding hydrogens is 196 g/mol. The van der Waals surface area contributed by atoms with E-state index in [1.165, 1.54) is 11.8 Å². The number of aliphatic hydroxyl groups excluding tert-OH is 4. The first kappa shape index (κ1) is 11.2. The Labute approximate surface area is 80.3 Å². The van der Waals surface area contributed by atoms with E-state index in [4.69, 9.17) is 14.9 Å². The lowest BCUT2D eigenvalue weighted by molar-refractivity contribution is -0.248. The zero-order chi connectivity index (χ0) is 10.0. The Kier molecular flexibility index (Phi) is 3.96. The van der Waals surface area contributed by atoms with Crippen molar-refractivity contribution in [2.24, 2.45) is 0 Å². The predicted octanol–water partition coefficient (Wildman–Crippen LogP) is -1.85. The van der Waals surface area contributed by atoms with E-state index in [0.717, 1.165) is 0 Å². The fourth-order valence-electron chi connectivity index (χ4n) is 1.36. The van der Waals surface area contributed by atoms with E-state index in [2.05, 4.69) is 0 Å². The summed E-state index contributed by atoms with van der Waals surface area (Å²) in [6.45, 7) is -0.285. The third kappa shape index (κ3) is 2.15. The van der Waals surface area contributed by atoms with Crippen molar-refractivity contribution in [2.45, 2.75) is 29.9 Å². The average molecular weight is 210 g/mol. The number of rotatable bonds is 2. The minimum absolute atomic E-state index is 0.285. The van der Waals surface area contributed by atoms with Crippen LogP contribution in [0.3, 0.4) is 0 Å². The second kappa shape index (κ2) is 4.59. The summed E-state index contributed by atoms with van der Waals surface area (Å²) < 4.78 is 4.90. The van der Waals surface area contributed by atoms with Crippen molar-refractivity contribution in [3.05, 3.63) is 0 Å². The predicted molar refractivity (Wildman–Crippen MR) is 47.3 cm³/mol. The van der Waals surface area contributed by atoms with Gasteiger partial charge in [0.2, 0.25) is 0 Å². The molecule has 0 radical (unpaired) electrons. The van der Waals surface area contributed by atoms with Crippen molar-refractivity contribution in [3.63, 3.8) is 0 Å². The quantitative estimate of drug-likeness (QED) is 0.428. The molecule has 1 aliphatic rings. The first-order valence-corrected chi connectivity index (χ1v) is 5.24. The summed E-state index contributed by atoms with van der Waals surface area (Å²) in [6, 6.07) is 0. The van der Waals surface area contributed by atoms with Crippen LogP contribution in [0.4, 0.5) is 0 Å². The first-order chi connectivity index (χ1) is 6.11. The second-order valence-electron chi connectivity index (χ2n) is 2.93. The summed E-state index contributed by atoms with van der Waals surface area (Å²) in [5, 5.41) is 36.3. The maximum atomic E-state index is 9.49. The van der Waals surface area contributed by atoms with Crippen LogP contribution in [0, 0.1) is 0 Å². The van der Waals surface area contributed by atoms with Gasteiger partial charge in [0.05, 0.1) is 24.1 Å². The zero-order valence-corrected chi connectivity index (χ0v) is 8.02. The van der Waals surface area contributed by atoms with Gasteiger partial charge in [-0.3, -0.25) is 0 Å². The van der Waals surface area contributed by atoms with E-state index in [0.29, 0.717) is 0 Å². The third-order valence-electron chi connectivity index (χ3n) is 2.11. The molecule has 1 rings (SSSR count). The van der Waals surface area contributed by atoms with Crippen molar-refractivity contribution < 1.29 is 25.2 Å². The molecule has 0 aromatic carbocycles. The highest BCUT2D eigenvalue weighted by atomic mass is 32.2. The number of thioether (sulfide) groups is 1. The van der Waals surface area contributed by atoms with Crippen molar-refractivity contribution >= 4 is 11.8 Å². The summed E-state index contributed by atoms with van der Waals surface area (Å²) >= 11 is 1.29. The molecule has 5 nitrogen and oxygen atoms in total. The number of aliphatic hydroxyl groups is 4. The molecule has 4 N–H and O–H groups in total. The Bertz CT molecular complexity index is 165. The lowest BCUT2D eigenvalue weighted by Gasteiger charge is -2.39. The molecule has 0 unspecified atom stereocenters. The van der Waals surface area contributed by atoms with Gasteiger partial charge in [-0.1, -0.05) is 0 Å². The number of hydrogen-bond acceptors (Lipinski definition) is 6. The van der Waals surface area contributed by atoms with Gasteiger partial charge in [-0.05, 0) is 6.26 Å². The fraction of sp³-hybridized carbons (Fsp3) is 1.00. The number of ether oxygens (including phenoxy) is 1. The van der Waals surface area contributed by atoms with Crippen LogP contribution < -0.4 is 0 Å². The van der Waals surface area contributed by atoms with E-state index in [-0.39, 0.29) is 6.61 Å². The van der Waals surface area contributed by atoms with E-state index >= 15 is 0 Å². The minimum atomic E-state index is -1.42. The molecule has 0 aliphatic carbocycles. The van der Waals surface area contributed by atoms with Gasteiger partial charge in [0.25, 0.3) is 0 Å². The Morgan fingerprint density at radius 1 is 1.23 bits per heavy atom. The highest BCUT2D eigenvalue weighted by Crippen LogP contribution is 2.27. The molecule has 5 atom stereocenters. The summed E-state index contributed by atoms with van der Waals surface area (Å²) in [5.74, 6) is 0. The van der Waals surface area contributed by atoms with Crippen molar-refractivity contribution in [1.29, 1.82) is 0 Å². The van der Waals surface area contributed by atoms with Gasteiger partial charge in [0.15, 0.2) is 6.29 Å². The Balaban J connectivity index is 2.69. The van der Waals surface area contributed by atoms with Gasteiger partial charge in [-0.25, -0.2) is 0 Å². The Morgan fingerprint density at radius 3 is 2.31 bits per heavy atom. The van der Waals surface area contributed by atoms with Crippen LogP contribution in [0.2, 0.25) is 0 Å². The van der Waals surface area contributed by atoms with Gasteiger partial charge in [-0.15, -0.1) is 0 Å². The molecule has 0 spiro atoms. The van der Waals surface area contributed by atoms with Gasteiger partial charge < -0.3 is 25.2 Å². The van der Waals surface area contributed by atoms with Crippen LogP contribution in [-0.4, -0.2) is 63.1 Å². The molecule has 1 aliphatic heterocycles. The molecule has 78 valence electrons. The molecule has 0 amide bonds. The van der Waals surface area contributed by atoms with Crippen molar-refractivity contribution in [3.8, 4) is 0 Å². The zero-order valence-electron chi connectivity index (χ0n) is 7.20. The van der Waals surface area contributed by atoms with Crippen LogP contribution in [0.15, 0.2) is 0 Å². The molecule has 0 aromatic rings. The second-order valence-corrected chi connectivity index (χ2v) is 3.94. The molecule has 1 fully saturated rings. The maximum absolute atomic E-state index is 9.49. The standard InChI is InChI=1S/C7H14O5S/c1-13-6-3(2-8)12-7(11)5(10)4(6)9/h3-11H,2H2,1H3/t3-,4+,5-,6+,7-/m1/s1. The molecule has 1 heterocycles. The molecule has 1 saturated heterocycles. The maximum Gasteiger partial charge on any atom is 0.183 e. The van der Waals surface area contributed by atoms with Crippen LogP contribution in [0.1, 0.15) is 0 Å². The smallest absolute Gasteiger partial charge is 0.183 e. The van der Waals surface area contributed by atoms with Crippen LogP contribution >= 0.6 is 11.8 Å². The first-order valence-electron chi connectivity index (χ1n) is 3.95. The minimum Gasteiger partial charge on any atom is -0.394 e. The van der Waals surface area contributed by atoms with E-state index in [1.54, 1.807) is 6.26 Å². The third-order valence-corrected chi connectivity index (χ3v) is 3.24. The van der Waals surface area contributed by atoms with E-state index in [9.17, 15) is 10.2 Å². The Morgan fingerprint density at radius 2 is 1.85 bits per heavy atom. The van der Waals surface area contributed by atoms with Crippen molar-refractivity contribution in [2.75, 3.05) is 12.9 Å². The molecular formula is C7H14O5S. The fourth-order valence-corrected chi connectivity index (χ4v) is 2.25. The molecule has 0 saturated carbocycles. The van der Waals surface area contributed by atoms with Gasteiger partial charge in [0.1, 0.15) is 6.10 Å². The van der Waals surface area contributed by atoms with Crippen molar-refractivity contribution in [1.82, 2.24) is 0 Å². The topological polar surface area (TPSA) is 90.2 Å². The summed E-state index contributed by atoms with van der Waals surface area (Å²) in [7, 11) is 0. The highest BCUT2D eigenvalue weighted by Gasteiger charge is 2.42. The van der Waals surface area contributed by atoms with E-state index < -0.39 is 29.9 Å².